The zero-order valence-corrected chi connectivity index (χ0v) is 11.8. The number of rotatable bonds is 4. The van der Waals surface area contributed by atoms with E-state index in [0.29, 0.717) is 0 Å². The molecule has 86 valence electrons. The standard InChI is InChI=1S/C15H22Si/c1-5-14(2)11-12-16(3,4)13-15-9-7-6-8-10-15/h5-12H,13H2,1-4H3/b12-11+,14-5+. The number of allylic oxidation sites excluding steroid dienone is 3. The average Bonchev–Trinajstić information content (AvgIpc) is 2.27. The fourth-order valence-electron chi connectivity index (χ4n) is 1.63. The third kappa shape index (κ3) is 4.62. The van der Waals surface area contributed by atoms with Gasteiger partial charge < -0.3 is 0 Å². The van der Waals surface area contributed by atoms with Crippen molar-refractivity contribution in [2.45, 2.75) is 33.0 Å². The molecule has 0 aliphatic heterocycles. The summed E-state index contributed by atoms with van der Waals surface area (Å²) < 4.78 is 0. The molecule has 0 amide bonds. The molecule has 1 aromatic carbocycles. The topological polar surface area (TPSA) is 0 Å². The van der Waals surface area contributed by atoms with Crippen LogP contribution in [0.5, 0.6) is 0 Å². The van der Waals surface area contributed by atoms with E-state index in [0.717, 1.165) is 0 Å². The quantitative estimate of drug-likeness (QED) is 0.526. The molecule has 0 unspecified atom stereocenters. The van der Waals surface area contributed by atoms with E-state index in [1.807, 2.05) is 0 Å². The van der Waals surface area contributed by atoms with Crippen molar-refractivity contribution >= 4 is 8.07 Å². The third-order valence-corrected chi connectivity index (χ3v) is 5.14. The fraction of sp³-hybridized carbons (Fsp3) is 0.333. The van der Waals surface area contributed by atoms with Crippen LogP contribution in [-0.4, -0.2) is 8.07 Å². The zero-order valence-electron chi connectivity index (χ0n) is 10.8. The van der Waals surface area contributed by atoms with Gasteiger partial charge in [0.05, 0.1) is 8.07 Å². The summed E-state index contributed by atoms with van der Waals surface area (Å²) in [4.78, 5) is 0. The highest BCUT2D eigenvalue weighted by Gasteiger charge is 2.16. The zero-order chi connectivity index (χ0) is 12.0. The Hall–Kier alpha value is -1.08. The molecule has 0 atom stereocenters. The van der Waals surface area contributed by atoms with Gasteiger partial charge in [-0.05, 0) is 19.9 Å². The first kappa shape index (κ1) is 13.0. The normalized spacial score (nSPS) is 13.4. The van der Waals surface area contributed by atoms with Crippen LogP contribution < -0.4 is 0 Å². The van der Waals surface area contributed by atoms with Crippen LogP contribution >= 0.6 is 0 Å². The smallest absolute Gasteiger partial charge is 0.0760 e. The Kier molecular flexibility index (Phi) is 4.75. The van der Waals surface area contributed by atoms with Crippen molar-refractivity contribution in [1.29, 1.82) is 0 Å². The van der Waals surface area contributed by atoms with Crippen LogP contribution in [0.2, 0.25) is 13.1 Å². The van der Waals surface area contributed by atoms with Gasteiger partial charge in [0.15, 0.2) is 0 Å². The first-order chi connectivity index (χ1) is 7.53. The molecule has 16 heavy (non-hydrogen) atoms. The van der Waals surface area contributed by atoms with E-state index in [9.17, 15) is 0 Å². The Morgan fingerprint density at radius 2 is 1.81 bits per heavy atom. The molecule has 0 aliphatic rings. The van der Waals surface area contributed by atoms with E-state index in [1.165, 1.54) is 17.2 Å². The maximum absolute atomic E-state index is 2.44. The largest absolute Gasteiger partial charge is 0.0942 e. The van der Waals surface area contributed by atoms with Crippen molar-refractivity contribution in [3.05, 3.63) is 59.3 Å². The maximum atomic E-state index is 2.44. The molecule has 0 spiro atoms. The lowest BCUT2D eigenvalue weighted by Crippen LogP contribution is -2.26. The second kappa shape index (κ2) is 5.85. The molecule has 1 aromatic rings. The van der Waals surface area contributed by atoms with Crippen LogP contribution in [0.15, 0.2) is 53.8 Å². The van der Waals surface area contributed by atoms with Crippen molar-refractivity contribution < 1.29 is 0 Å². The van der Waals surface area contributed by atoms with Gasteiger partial charge in [-0.25, -0.2) is 0 Å². The van der Waals surface area contributed by atoms with E-state index in [4.69, 9.17) is 0 Å². The molecule has 0 aliphatic carbocycles. The first-order valence-corrected chi connectivity index (χ1v) is 9.18. The number of hydrogen-bond donors (Lipinski definition) is 0. The Labute approximate surface area is 101 Å². The van der Waals surface area contributed by atoms with E-state index in [2.05, 4.69) is 75.1 Å². The van der Waals surface area contributed by atoms with Gasteiger partial charge in [0.1, 0.15) is 0 Å². The lowest BCUT2D eigenvalue weighted by molar-refractivity contribution is 1.32. The van der Waals surface area contributed by atoms with Crippen LogP contribution in [0.3, 0.4) is 0 Å². The highest BCUT2D eigenvalue weighted by molar-refractivity contribution is 6.81. The molecule has 0 heterocycles. The summed E-state index contributed by atoms with van der Waals surface area (Å²) in [5.74, 6) is 0. The molecule has 0 bridgehead atoms. The van der Waals surface area contributed by atoms with Crippen molar-refractivity contribution in [2.75, 3.05) is 0 Å². The minimum Gasteiger partial charge on any atom is -0.0942 e. The third-order valence-electron chi connectivity index (χ3n) is 2.76. The van der Waals surface area contributed by atoms with E-state index in [-0.39, 0.29) is 0 Å². The van der Waals surface area contributed by atoms with Gasteiger partial charge in [-0.1, -0.05) is 72.4 Å². The number of hydrogen-bond acceptors (Lipinski definition) is 0. The molecule has 0 aromatic heterocycles. The molecule has 1 heteroatoms. The minimum absolute atomic E-state index is 1.22. The predicted octanol–water partition coefficient (Wildman–Crippen LogP) is 4.54. The van der Waals surface area contributed by atoms with Gasteiger partial charge in [0.2, 0.25) is 0 Å². The van der Waals surface area contributed by atoms with Crippen molar-refractivity contribution in [3.8, 4) is 0 Å². The number of benzene rings is 1. The monoisotopic (exact) mass is 230 g/mol. The van der Waals surface area contributed by atoms with Crippen molar-refractivity contribution in [2.24, 2.45) is 0 Å². The molecule has 0 fully saturated rings. The Morgan fingerprint density at radius 1 is 1.19 bits per heavy atom. The summed E-state index contributed by atoms with van der Waals surface area (Å²) in [7, 11) is -1.24. The second-order valence-electron chi connectivity index (χ2n) is 5.02. The summed E-state index contributed by atoms with van der Waals surface area (Å²) in [6.07, 6.45) is 4.43. The van der Waals surface area contributed by atoms with Gasteiger partial charge in [0.25, 0.3) is 0 Å². The van der Waals surface area contributed by atoms with Gasteiger partial charge in [-0.3, -0.25) is 0 Å². The molecule has 1 rings (SSSR count). The Morgan fingerprint density at radius 3 is 2.38 bits per heavy atom. The van der Waals surface area contributed by atoms with Crippen molar-refractivity contribution in [1.82, 2.24) is 0 Å². The molecular formula is C15H22Si. The maximum Gasteiger partial charge on any atom is 0.0760 e. The molecule has 0 radical (unpaired) electrons. The van der Waals surface area contributed by atoms with Crippen molar-refractivity contribution in [3.63, 3.8) is 0 Å². The summed E-state index contributed by atoms with van der Waals surface area (Å²) in [5, 5.41) is 0. The average molecular weight is 230 g/mol. The summed E-state index contributed by atoms with van der Waals surface area (Å²) in [6.45, 7) is 9.08. The van der Waals surface area contributed by atoms with Gasteiger partial charge in [-0.15, -0.1) is 0 Å². The SMILES string of the molecule is C/C=C(C)/C=C/[Si](C)(C)Cc1ccccc1. The van der Waals surface area contributed by atoms with Gasteiger partial charge in [0, 0.05) is 0 Å². The molecule has 0 nitrogen and oxygen atoms in total. The summed E-state index contributed by atoms with van der Waals surface area (Å²) in [5.41, 5.74) is 5.26. The van der Waals surface area contributed by atoms with Gasteiger partial charge in [-0.2, -0.15) is 0 Å². The van der Waals surface area contributed by atoms with Crippen LogP contribution in [0, 0.1) is 0 Å². The molecule has 0 N–H and O–H groups in total. The fourth-order valence-corrected chi connectivity index (χ4v) is 3.75. The first-order valence-electron chi connectivity index (χ1n) is 5.89. The highest BCUT2D eigenvalue weighted by Crippen LogP contribution is 2.14. The second-order valence-corrected chi connectivity index (χ2v) is 9.68. The lowest BCUT2D eigenvalue weighted by Gasteiger charge is -2.17. The highest BCUT2D eigenvalue weighted by atomic mass is 28.3. The van der Waals surface area contributed by atoms with Crippen LogP contribution in [0.25, 0.3) is 0 Å². The van der Waals surface area contributed by atoms with E-state index in [1.54, 1.807) is 0 Å². The molecular weight excluding hydrogens is 208 g/mol. The van der Waals surface area contributed by atoms with E-state index >= 15 is 0 Å². The summed E-state index contributed by atoms with van der Waals surface area (Å²) >= 11 is 0. The van der Waals surface area contributed by atoms with Gasteiger partial charge >= 0.3 is 0 Å². The van der Waals surface area contributed by atoms with Crippen LogP contribution in [-0.2, 0) is 6.04 Å². The lowest BCUT2D eigenvalue weighted by atomic mass is 10.2. The Balaban J connectivity index is 2.69. The summed E-state index contributed by atoms with van der Waals surface area (Å²) in [6, 6.07) is 12.0. The Bertz CT molecular complexity index is 372. The van der Waals surface area contributed by atoms with E-state index < -0.39 is 8.07 Å². The minimum atomic E-state index is -1.24. The molecule has 0 saturated heterocycles. The van der Waals surface area contributed by atoms with Crippen LogP contribution in [0.4, 0.5) is 0 Å². The van der Waals surface area contributed by atoms with Crippen LogP contribution in [0.1, 0.15) is 19.4 Å². The molecule has 0 saturated carbocycles. The predicted molar refractivity (Wildman–Crippen MR) is 76.2 cm³/mol.